The minimum Gasteiger partial charge on any atom is -0.493 e. The monoisotopic (exact) mass is 327 g/mol. The summed E-state index contributed by atoms with van der Waals surface area (Å²) in [6, 6.07) is 0. The van der Waals surface area contributed by atoms with Crippen LogP contribution >= 0.6 is 23.6 Å². The molecule has 0 aliphatic heterocycles. The highest BCUT2D eigenvalue weighted by molar-refractivity contribution is 7.73. The molecule has 112 valence electrons. The molecule has 0 saturated heterocycles. The Labute approximate surface area is 121 Å². The van der Waals surface area contributed by atoms with E-state index in [1.807, 2.05) is 0 Å². The van der Waals surface area contributed by atoms with Crippen LogP contribution in [0.2, 0.25) is 0 Å². The number of hydrogen-bond acceptors (Lipinski definition) is 4. The van der Waals surface area contributed by atoms with Crippen molar-refractivity contribution in [3.05, 3.63) is 14.9 Å². The van der Waals surface area contributed by atoms with Crippen LogP contribution in [0.25, 0.3) is 6.08 Å². The Kier molecular flexibility index (Phi) is 5.75. The molecule has 0 saturated carbocycles. The highest BCUT2D eigenvalue weighted by Crippen LogP contribution is 2.29. The van der Waals surface area contributed by atoms with Gasteiger partial charge in [0.2, 0.25) is 5.88 Å². The first-order valence-corrected chi connectivity index (χ1v) is 6.81. The maximum absolute atomic E-state index is 12.0. The minimum absolute atomic E-state index is 0.0731. The molecule has 1 rings (SSSR count). The maximum atomic E-state index is 12.0. The number of carboxylic acid groups (broad SMARTS) is 1. The number of rotatable bonds is 6. The van der Waals surface area contributed by atoms with Crippen molar-refractivity contribution in [1.82, 2.24) is 4.57 Å². The van der Waals surface area contributed by atoms with Crippen LogP contribution in [0.4, 0.5) is 13.2 Å². The number of allylic oxidation sites excluding steroid dienone is 1. The molecule has 0 radical (unpaired) electrons. The van der Waals surface area contributed by atoms with Crippen LogP contribution in [0.3, 0.4) is 0 Å². The molecule has 0 atom stereocenters. The van der Waals surface area contributed by atoms with Gasteiger partial charge in [-0.15, -0.1) is 11.3 Å². The Hall–Kier alpha value is -1.35. The number of halogens is 3. The lowest BCUT2D eigenvalue weighted by Crippen LogP contribution is -2.03. The molecule has 1 heterocycles. The minimum atomic E-state index is -4.29. The molecule has 2 N–H and O–H groups in total. The number of carbonyl (C=O) groups is 1. The van der Waals surface area contributed by atoms with Crippen molar-refractivity contribution in [2.75, 3.05) is 0 Å². The summed E-state index contributed by atoms with van der Waals surface area (Å²) in [5, 5.41) is 18.3. The van der Waals surface area contributed by atoms with Gasteiger partial charge in [-0.2, -0.15) is 13.2 Å². The molecule has 0 aliphatic carbocycles. The van der Waals surface area contributed by atoms with Gasteiger partial charge in [-0.05, 0) is 24.7 Å². The van der Waals surface area contributed by atoms with Crippen molar-refractivity contribution in [3.63, 3.8) is 0 Å². The highest BCUT2D eigenvalue weighted by atomic mass is 32.1. The fraction of sp³-hybridized carbons (Fsp3) is 0.455. The van der Waals surface area contributed by atoms with E-state index in [1.165, 1.54) is 4.57 Å². The number of aliphatic carboxylic acids is 1. The maximum Gasteiger partial charge on any atom is 0.392 e. The zero-order valence-corrected chi connectivity index (χ0v) is 11.8. The standard InChI is InChI=1S/C11H12F3NO3S2/c12-11(13,14)5-1-3-7-9(18)15(10(19)20-7)6-2-4-8(16)17/h1,3,18H,2,4-6H2,(H,16,17). The molecule has 4 nitrogen and oxygen atoms in total. The summed E-state index contributed by atoms with van der Waals surface area (Å²) in [5.41, 5.74) is 0. The summed E-state index contributed by atoms with van der Waals surface area (Å²) in [4.78, 5) is 10.6. The molecule has 9 heteroatoms. The second-order valence-corrected chi connectivity index (χ2v) is 5.60. The number of alkyl halides is 3. The van der Waals surface area contributed by atoms with Gasteiger partial charge >= 0.3 is 12.1 Å². The zero-order chi connectivity index (χ0) is 15.3. The Morgan fingerprint density at radius 1 is 1.45 bits per heavy atom. The summed E-state index contributed by atoms with van der Waals surface area (Å²) in [7, 11) is 0. The summed E-state index contributed by atoms with van der Waals surface area (Å²) in [6.07, 6.45) is -3.11. The number of aromatic nitrogens is 1. The van der Waals surface area contributed by atoms with Crippen LogP contribution < -0.4 is 0 Å². The van der Waals surface area contributed by atoms with Gasteiger partial charge in [-0.25, -0.2) is 0 Å². The predicted molar refractivity (Wildman–Crippen MR) is 71.4 cm³/mol. The van der Waals surface area contributed by atoms with Crippen molar-refractivity contribution in [3.8, 4) is 5.88 Å². The third kappa shape index (κ3) is 5.33. The van der Waals surface area contributed by atoms with Crippen LogP contribution in [0.5, 0.6) is 5.88 Å². The number of hydrogen-bond donors (Lipinski definition) is 2. The van der Waals surface area contributed by atoms with Gasteiger partial charge in [0.25, 0.3) is 0 Å². The first-order chi connectivity index (χ1) is 9.20. The number of aromatic hydroxyl groups is 1. The average Bonchev–Trinajstić information content (AvgIpc) is 2.54. The van der Waals surface area contributed by atoms with Crippen molar-refractivity contribution in [2.24, 2.45) is 0 Å². The second kappa shape index (κ2) is 6.89. The van der Waals surface area contributed by atoms with E-state index in [0.29, 0.717) is 3.95 Å². The van der Waals surface area contributed by atoms with E-state index in [4.69, 9.17) is 17.3 Å². The van der Waals surface area contributed by atoms with Crippen LogP contribution in [-0.4, -0.2) is 26.9 Å². The van der Waals surface area contributed by atoms with Crippen molar-refractivity contribution >= 4 is 35.6 Å². The van der Waals surface area contributed by atoms with Crippen LogP contribution in [0, 0.1) is 3.95 Å². The van der Waals surface area contributed by atoms with Gasteiger partial charge in [-0.3, -0.25) is 9.36 Å². The van der Waals surface area contributed by atoms with Crippen LogP contribution in [-0.2, 0) is 11.3 Å². The van der Waals surface area contributed by atoms with E-state index in [1.54, 1.807) is 0 Å². The fourth-order valence-corrected chi connectivity index (χ4v) is 2.70. The molecule has 1 aromatic rings. The number of carboxylic acids is 1. The Bertz CT molecular complexity index is 560. The van der Waals surface area contributed by atoms with E-state index in [-0.39, 0.29) is 30.1 Å². The summed E-state index contributed by atoms with van der Waals surface area (Å²) >= 11 is 5.96. The van der Waals surface area contributed by atoms with E-state index < -0.39 is 18.6 Å². The molecule has 20 heavy (non-hydrogen) atoms. The molecule has 0 spiro atoms. The van der Waals surface area contributed by atoms with Crippen LogP contribution in [0.15, 0.2) is 6.08 Å². The molecule has 1 aromatic heterocycles. The van der Waals surface area contributed by atoms with Crippen molar-refractivity contribution in [2.45, 2.75) is 32.0 Å². The highest BCUT2D eigenvalue weighted by Gasteiger charge is 2.24. The SMILES string of the molecule is O=C(O)CCCn1c(O)c(C=CCC(F)(F)F)sc1=S. The fourth-order valence-electron chi connectivity index (χ4n) is 1.41. The number of nitrogens with zero attached hydrogens (tertiary/aromatic N) is 1. The summed E-state index contributed by atoms with van der Waals surface area (Å²) in [6.45, 7) is 0.209. The summed E-state index contributed by atoms with van der Waals surface area (Å²) in [5.74, 6) is -1.19. The first kappa shape index (κ1) is 16.7. The Morgan fingerprint density at radius 2 is 2.10 bits per heavy atom. The third-order valence-corrected chi connectivity index (χ3v) is 3.69. The lowest BCUT2D eigenvalue weighted by Gasteiger charge is -2.03. The first-order valence-electron chi connectivity index (χ1n) is 5.58. The van der Waals surface area contributed by atoms with Crippen molar-refractivity contribution in [1.29, 1.82) is 0 Å². The van der Waals surface area contributed by atoms with Gasteiger partial charge < -0.3 is 10.2 Å². The second-order valence-electron chi connectivity index (χ2n) is 3.93. The topological polar surface area (TPSA) is 62.5 Å². The van der Waals surface area contributed by atoms with Gasteiger partial charge in [0.1, 0.15) is 0 Å². The lowest BCUT2D eigenvalue weighted by molar-refractivity contribution is -0.137. The molecule has 0 unspecified atom stereocenters. The molecular formula is C11H12F3NO3S2. The van der Waals surface area contributed by atoms with E-state index >= 15 is 0 Å². The third-order valence-electron chi connectivity index (χ3n) is 2.28. The van der Waals surface area contributed by atoms with Gasteiger partial charge in [0.05, 0.1) is 11.3 Å². The molecule has 0 aromatic carbocycles. The predicted octanol–water partition coefficient (Wildman–Crippen LogP) is 3.82. The van der Waals surface area contributed by atoms with Crippen LogP contribution in [0.1, 0.15) is 24.1 Å². The average molecular weight is 327 g/mol. The lowest BCUT2D eigenvalue weighted by atomic mass is 10.3. The quantitative estimate of drug-likeness (QED) is 0.780. The zero-order valence-electron chi connectivity index (χ0n) is 10.2. The Morgan fingerprint density at radius 3 is 2.65 bits per heavy atom. The number of thiazole rings is 1. The molecule has 0 amide bonds. The smallest absolute Gasteiger partial charge is 0.392 e. The van der Waals surface area contributed by atoms with Crippen molar-refractivity contribution < 1.29 is 28.2 Å². The molecule has 0 aliphatic rings. The van der Waals surface area contributed by atoms with E-state index in [2.05, 4.69) is 0 Å². The molecular weight excluding hydrogens is 315 g/mol. The van der Waals surface area contributed by atoms with E-state index in [9.17, 15) is 23.1 Å². The molecule has 0 bridgehead atoms. The van der Waals surface area contributed by atoms with Gasteiger partial charge in [-0.1, -0.05) is 6.08 Å². The summed E-state index contributed by atoms with van der Waals surface area (Å²) < 4.78 is 37.6. The van der Waals surface area contributed by atoms with Gasteiger partial charge in [0.15, 0.2) is 3.95 Å². The van der Waals surface area contributed by atoms with E-state index in [0.717, 1.165) is 23.5 Å². The van der Waals surface area contributed by atoms with Gasteiger partial charge in [0, 0.05) is 13.0 Å². The normalized spacial score (nSPS) is 12.2. The Balaban J connectivity index is 2.76. The largest absolute Gasteiger partial charge is 0.493 e. The molecule has 0 fully saturated rings.